The Kier molecular flexibility index (Phi) is 6.52. The van der Waals surface area contributed by atoms with Gasteiger partial charge in [0, 0.05) is 12.4 Å². The summed E-state index contributed by atoms with van der Waals surface area (Å²) in [6, 6.07) is 14.1. The topological polar surface area (TPSA) is 25.8 Å². The molecule has 22 heavy (non-hydrogen) atoms. The van der Waals surface area contributed by atoms with E-state index in [4.69, 9.17) is 0 Å². The average Bonchev–Trinajstić information content (AvgIpc) is 2.58. The molecule has 0 spiro atoms. The lowest BCUT2D eigenvalue weighted by Gasteiger charge is -2.12. The molecule has 2 heterocycles. The van der Waals surface area contributed by atoms with Crippen LogP contribution >= 0.6 is 0 Å². The van der Waals surface area contributed by atoms with Crippen LogP contribution in [0.2, 0.25) is 24.2 Å². The second-order valence-electron chi connectivity index (χ2n) is 5.98. The van der Waals surface area contributed by atoms with Crippen LogP contribution in [0.1, 0.15) is 27.7 Å². The predicted octanol–water partition coefficient (Wildman–Crippen LogP) is 3.09. The summed E-state index contributed by atoms with van der Waals surface area (Å²) in [4.78, 5) is 9.33. The molecule has 118 valence electrons. The average molecular weight is 329 g/mol. The van der Waals surface area contributed by atoms with E-state index in [1.807, 2.05) is 0 Å². The van der Waals surface area contributed by atoms with Crippen molar-refractivity contribution in [3.05, 3.63) is 36.7 Å². The minimum atomic E-state index is -0.773. The maximum Gasteiger partial charge on any atom is 0.0885 e. The summed E-state index contributed by atoms with van der Waals surface area (Å²) in [5.41, 5.74) is 2.00. The molecule has 2 rings (SSSR count). The molecule has 0 unspecified atom stereocenters. The van der Waals surface area contributed by atoms with Crippen LogP contribution in [-0.2, 0) is 0 Å². The van der Waals surface area contributed by atoms with Gasteiger partial charge in [-0.2, -0.15) is 0 Å². The molecule has 0 saturated heterocycles. The normalized spacial score (nSPS) is 11.4. The molecule has 0 aliphatic rings. The lowest BCUT2D eigenvalue weighted by atomic mass is 10.2. The Morgan fingerprint density at radius 3 is 1.23 bits per heavy atom. The molecule has 0 N–H and O–H groups in total. The van der Waals surface area contributed by atoms with Crippen molar-refractivity contribution >= 4 is 28.0 Å². The molecule has 0 aromatic carbocycles. The highest BCUT2D eigenvalue weighted by atomic mass is 28.3. The van der Waals surface area contributed by atoms with Crippen LogP contribution in [-0.4, -0.2) is 27.6 Å². The molecule has 0 aliphatic heterocycles. The first-order valence-electron chi connectivity index (χ1n) is 8.65. The SMILES string of the molecule is CC[SiH](CC)c1ccc(-c2ccc([SiH](CC)CC)cn2)nc1. The van der Waals surface area contributed by atoms with Gasteiger partial charge in [-0.3, -0.25) is 9.97 Å². The summed E-state index contributed by atoms with van der Waals surface area (Å²) < 4.78 is 0. The van der Waals surface area contributed by atoms with E-state index in [1.165, 1.54) is 34.5 Å². The highest BCUT2D eigenvalue weighted by molar-refractivity contribution is 6.73. The summed E-state index contributed by atoms with van der Waals surface area (Å²) in [5, 5.41) is 2.96. The van der Waals surface area contributed by atoms with Crippen LogP contribution < -0.4 is 10.4 Å². The van der Waals surface area contributed by atoms with Gasteiger partial charge in [-0.05, 0) is 22.5 Å². The Morgan fingerprint density at radius 1 is 0.636 bits per heavy atom. The van der Waals surface area contributed by atoms with E-state index in [0.717, 1.165) is 11.4 Å². The van der Waals surface area contributed by atoms with Crippen LogP contribution in [0.25, 0.3) is 11.4 Å². The first kappa shape index (κ1) is 17.1. The fourth-order valence-corrected chi connectivity index (χ4v) is 7.46. The van der Waals surface area contributed by atoms with E-state index in [0.29, 0.717) is 0 Å². The van der Waals surface area contributed by atoms with Crippen molar-refractivity contribution in [3.63, 3.8) is 0 Å². The van der Waals surface area contributed by atoms with Crippen molar-refractivity contribution in [1.29, 1.82) is 0 Å². The Hall–Kier alpha value is -1.27. The van der Waals surface area contributed by atoms with Gasteiger partial charge in [0.15, 0.2) is 0 Å². The molecule has 2 aromatic heterocycles. The second kappa shape index (κ2) is 8.39. The van der Waals surface area contributed by atoms with Crippen LogP contribution in [0.4, 0.5) is 0 Å². The van der Waals surface area contributed by atoms with E-state index < -0.39 is 17.6 Å². The number of aromatic nitrogens is 2. The molecule has 0 amide bonds. The maximum atomic E-state index is 4.66. The van der Waals surface area contributed by atoms with E-state index in [2.05, 4.69) is 74.3 Å². The smallest absolute Gasteiger partial charge is 0.0885 e. The fourth-order valence-electron chi connectivity index (χ4n) is 3.12. The predicted molar refractivity (Wildman–Crippen MR) is 103 cm³/mol. The van der Waals surface area contributed by atoms with E-state index in [9.17, 15) is 0 Å². The zero-order chi connectivity index (χ0) is 15.9. The van der Waals surface area contributed by atoms with E-state index in [1.54, 1.807) is 0 Å². The minimum Gasteiger partial charge on any atom is -0.255 e. The van der Waals surface area contributed by atoms with E-state index >= 15 is 0 Å². The monoisotopic (exact) mass is 328 g/mol. The molecular weight excluding hydrogens is 300 g/mol. The zero-order valence-corrected chi connectivity index (χ0v) is 16.7. The lowest BCUT2D eigenvalue weighted by Crippen LogP contribution is -2.29. The van der Waals surface area contributed by atoms with Crippen molar-refractivity contribution in [2.24, 2.45) is 0 Å². The second-order valence-corrected chi connectivity index (χ2v) is 13.4. The summed E-state index contributed by atoms with van der Waals surface area (Å²) in [6.07, 6.45) is 4.18. The van der Waals surface area contributed by atoms with Gasteiger partial charge in [0.2, 0.25) is 0 Å². The Bertz CT molecular complexity index is 505. The van der Waals surface area contributed by atoms with Crippen molar-refractivity contribution in [3.8, 4) is 11.4 Å². The van der Waals surface area contributed by atoms with Gasteiger partial charge in [-0.15, -0.1) is 0 Å². The van der Waals surface area contributed by atoms with Crippen molar-refractivity contribution in [2.45, 2.75) is 51.9 Å². The first-order valence-corrected chi connectivity index (χ1v) is 13.1. The van der Waals surface area contributed by atoms with Gasteiger partial charge in [0.1, 0.15) is 0 Å². The standard InChI is InChI=1S/C18H28N2Si2/c1-5-21(6-2)15-9-11-17(19-13-15)18-12-10-16(14-20-18)22(7-3)8-4/h9-14,21-22H,5-8H2,1-4H3. The minimum absolute atomic E-state index is 0.773. The van der Waals surface area contributed by atoms with Crippen LogP contribution in [0.5, 0.6) is 0 Å². The number of nitrogens with zero attached hydrogens (tertiary/aromatic N) is 2. The number of hydrogen-bond donors (Lipinski definition) is 0. The number of rotatable bonds is 7. The summed E-state index contributed by atoms with van der Waals surface area (Å²) >= 11 is 0. The summed E-state index contributed by atoms with van der Waals surface area (Å²) in [5.74, 6) is 0. The van der Waals surface area contributed by atoms with E-state index in [-0.39, 0.29) is 0 Å². The molecule has 4 heteroatoms. The highest BCUT2D eigenvalue weighted by Crippen LogP contribution is 2.12. The third kappa shape index (κ3) is 3.93. The highest BCUT2D eigenvalue weighted by Gasteiger charge is 2.11. The third-order valence-electron chi connectivity index (χ3n) is 4.75. The molecule has 0 radical (unpaired) electrons. The molecule has 0 aliphatic carbocycles. The maximum absolute atomic E-state index is 4.66. The van der Waals surface area contributed by atoms with Crippen LogP contribution in [0.15, 0.2) is 36.7 Å². The van der Waals surface area contributed by atoms with Gasteiger partial charge in [-0.25, -0.2) is 0 Å². The Labute approximate surface area is 138 Å². The van der Waals surface area contributed by atoms with Crippen molar-refractivity contribution in [1.82, 2.24) is 9.97 Å². The third-order valence-corrected chi connectivity index (χ3v) is 11.3. The first-order chi connectivity index (χ1) is 10.7. The fraction of sp³-hybridized carbons (Fsp3) is 0.444. The van der Waals surface area contributed by atoms with Gasteiger partial charge in [0.05, 0.1) is 29.0 Å². The molecule has 0 atom stereocenters. The zero-order valence-electron chi connectivity index (χ0n) is 14.3. The van der Waals surface area contributed by atoms with Crippen molar-refractivity contribution < 1.29 is 0 Å². The molecule has 0 fully saturated rings. The lowest BCUT2D eigenvalue weighted by molar-refractivity contribution is 1.25. The van der Waals surface area contributed by atoms with Gasteiger partial charge >= 0.3 is 0 Å². The molecule has 0 saturated carbocycles. The Balaban J connectivity index is 2.18. The quantitative estimate of drug-likeness (QED) is 0.730. The molecular formula is C18H28N2Si2. The van der Waals surface area contributed by atoms with Crippen molar-refractivity contribution in [2.75, 3.05) is 0 Å². The van der Waals surface area contributed by atoms with Crippen LogP contribution in [0, 0.1) is 0 Å². The summed E-state index contributed by atoms with van der Waals surface area (Å²) in [7, 11) is -1.55. The van der Waals surface area contributed by atoms with Gasteiger partial charge in [0.25, 0.3) is 0 Å². The summed E-state index contributed by atoms with van der Waals surface area (Å²) in [6.45, 7) is 9.21. The molecule has 2 aromatic rings. The molecule has 2 nitrogen and oxygen atoms in total. The van der Waals surface area contributed by atoms with Gasteiger partial charge < -0.3 is 0 Å². The Morgan fingerprint density at radius 2 is 1.00 bits per heavy atom. The number of pyridine rings is 2. The van der Waals surface area contributed by atoms with Gasteiger partial charge in [-0.1, -0.05) is 64.0 Å². The number of hydrogen-bond acceptors (Lipinski definition) is 2. The largest absolute Gasteiger partial charge is 0.255 e. The van der Waals surface area contributed by atoms with Crippen LogP contribution in [0.3, 0.4) is 0 Å². The molecule has 0 bridgehead atoms.